The molecule has 1 atom stereocenters. The van der Waals surface area contributed by atoms with E-state index in [1.165, 1.54) is 5.56 Å². The van der Waals surface area contributed by atoms with E-state index in [1.807, 2.05) is 30.3 Å². The van der Waals surface area contributed by atoms with Crippen molar-refractivity contribution in [3.63, 3.8) is 0 Å². The van der Waals surface area contributed by atoms with Crippen molar-refractivity contribution in [2.75, 3.05) is 0 Å². The first kappa shape index (κ1) is 13.7. The predicted octanol–water partition coefficient (Wildman–Crippen LogP) is 3.96. The summed E-state index contributed by atoms with van der Waals surface area (Å²) in [5.41, 5.74) is 5.29. The first-order valence-corrected chi connectivity index (χ1v) is 7.24. The van der Waals surface area contributed by atoms with E-state index in [4.69, 9.17) is 5.84 Å². The van der Waals surface area contributed by atoms with Gasteiger partial charge in [-0.25, -0.2) is 0 Å². The van der Waals surface area contributed by atoms with Gasteiger partial charge in [-0.05, 0) is 35.7 Å². The standard InChI is InChI=1S/C14H14Br2N2/c15-11-6-7-13(16)12(9-11)14(18-17)8-10-4-2-1-3-5-10/h1-7,9,14,18H,8,17H2. The molecule has 2 aromatic carbocycles. The lowest BCUT2D eigenvalue weighted by atomic mass is 9.99. The van der Waals surface area contributed by atoms with Crippen molar-refractivity contribution >= 4 is 31.9 Å². The SMILES string of the molecule is NNC(Cc1ccccc1)c1cc(Br)ccc1Br. The number of hydrazine groups is 1. The summed E-state index contributed by atoms with van der Waals surface area (Å²) in [6.07, 6.45) is 0.854. The Morgan fingerprint density at radius 1 is 1.06 bits per heavy atom. The molecule has 1 unspecified atom stereocenters. The zero-order valence-electron chi connectivity index (χ0n) is 9.74. The highest BCUT2D eigenvalue weighted by Crippen LogP contribution is 2.28. The zero-order valence-corrected chi connectivity index (χ0v) is 12.9. The molecule has 0 radical (unpaired) electrons. The van der Waals surface area contributed by atoms with Crippen molar-refractivity contribution in [3.05, 3.63) is 68.6 Å². The number of rotatable bonds is 4. The van der Waals surface area contributed by atoms with Crippen LogP contribution in [0.1, 0.15) is 17.2 Å². The van der Waals surface area contributed by atoms with Gasteiger partial charge in [0.1, 0.15) is 0 Å². The number of hydrogen-bond acceptors (Lipinski definition) is 2. The highest BCUT2D eigenvalue weighted by Gasteiger charge is 2.14. The van der Waals surface area contributed by atoms with Gasteiger partial charge in [-0.3, -0.25) is 11.3 Å². The van der Waals surface area contributed by atoms with Gasteiger partial charge in [-0.15, -0.1) is 0 Å². The van der Waals surface area contributed by atoms with E-state index in [1.54, 1.807) is 0 Å². The van der Waals surface area contributed by atoms with Gasteiger partial charge < -0.3 is 0 Å². The minimum Gasteiger partial charge on any atom is -0.271 e. The first-order valence-electron chi connectivity index (χ1n) is 5.65. The molecule has 0 fully saturated rings. The third kappa shape index (κ3) is 3.42. The molecule has 0 aliphatic heterocycles. The largest absolute Gasteiger partial charge is 0.271 e. The Morgan fingerprint density at radius 2 is 1.78 bits per heavy atom. The third-order valence-corrected chi connectivity index (χ3v) is 4.03. The Labute approximate surface area is 124 Å². The zero-order chi connectivity index (χ0) is 13.0. The Morgan fingerprint density at radius 3 is 2.44 bits per heavy atom. The quantitative estimate of drug-likeness (QED) is 0.632. The molecule has 0 heterocycles. The Kier molecular flexibility index (Phi) is 4.95. The van der Waals surface area contributed by atoms with Gasteiger partial charge in [0.15, 0.2) is 0 Å². The molecule has 0 aliphatic carbocycles. The molecule has 2 rings (SSSR count). The van der Waals surface area contributed by atoms with Crippen molar-refractivity contribution in [3.8, 4) is 0 Å². The normalized spacial score (nSPS) is 12.4. The number of nitrogens with one attached hydrogen (secondary N) is 1. The van der Waals surface area contributed by atoms with Gasteiger partial charge >= 0.3 is 0 Å². The maximum absolute atomic E-state index is 5.69. The van der Waals surface area contributed by atoms with Gasteiger partial charge in [0.25, 0.3) is 0 Å². The van der Waals surface area contributed by atoms with E-state index in [0.717, 1.165) is 20.9 Å². The maximum Gasteiger partial charge on any atom is 0.0511 e. The fourth-order valence-corrected chi connectivity index (χ4v) is 2.79. The summed E-state index contributed by atoms with van der Waals surface area (Å²) in [6, 6.07) is 16.5. The van der Waals surface area contributed by atoms with Crippen molar-refractivity contribution in [2.45, 2.75) is 12.5 Å². The van der Waals surface area contributed by atoms with Crippen LogP contribution in [0.15, 0.2) is 57.5 Å². The molecule has 0 spiro atoms. The van der Waals surface area contributed by atoms with Gasteiger partial charge in [0.2, 0.25) is 0 Å². The second-order valence-corrected chi connectivity index (χ2v) is 5.84. The summed E-state index contributed by atoms with van der Waals surface area (Å²) in [4.78, 5) is 0. The van der Waals surface area contributed by atoms with E-state index >= 15 is 0 Å². The summed E-state index contributed by atoms with van der Waals surface area (Å²) in [5.74, 6) is 5.69. The Hall–Kier alpha value is -0.680. The third-order valence-electron chi connectivity index (χ3n) is 2.82. The highest BCUT2D eigenvalue weighted by molar-refractivity contribution is 9.11. The molecule has 94 valence electrons. The van der Waals surface area contributed by atoms with Crippen LogP contribution in [0.3, 0.4) is 0 Å². The average molecular weight is 370 g/mol. The molecule has 0 saturated heterocycles. The van der Waals surface area contributed by atoms with Crippen LogP contribution >= 0.6 is 31.9 Å². The second kappa shape index (κ2) is 6.48. The van der Waals surface area contributed by atoms with E-state index in [9.17, 15) is 0 Å². The summed E-state index contributed by atoms with van der Waals surface area (Å²) in [6.45, 7) is 0. The van der Waals surface area contributed by atoms with E-state index < -0.39 is 0 Å². The van der Waals surface area contributed by atoms with Crippen LogP contribution in [0.2, 0.25) is 0 Å². The number of nitrogens with two attached hydrogens (primary N) is 1. The number of hydrogen-bond donors (Lipinski definition) is 2. The van der Waals surface area contributed by atoms with Gasteiger partial charge in [0, 0.05) is 8.95 Å². The molecule has 0 bridgehead atoms. The smallest absolute Gasteiger partial charge is 0.0511 e. The molecule has 2 nitrogen and oxygen atoms in total. The van der Waals surface area contributed by atoms with Crippen LogP contribution in [0.25, 0.3) is 0 Å². The molecule has 4 heteroatoms. The lowest BCUT2D eigenvalue weighted by Crippen LogP contribution is -2.29. The minimum atomic E-state index is 0.0827. The molecule has 0 saturated carbocycles. The summed E-state index contributed by atoms with van der Waals surface area (Å²) in [7, 11) is 0. The fraction of sp³-hybridized carbons (Fsp3) is 0.143. The van der Waals surface area contributed by atoms with E-state index in [-0.39, 0.29) is 6.04 Å². The van der Waals surface area contributed by atoms with Crippen LogP contribution < -0.4 is 11.3 Å². The molecule has 18 heavy (non-hydrogen) atoms. The Bertz CT molecular complexity index is 514. The van der Waals surface area contributed by atoms with Crippen LogP contribution in [0.5, 0.6) is 0 Å². The van der Waals surface area contributed by atoms with Gasteiger partial charge in [-0.2, -0.15) is 0 Å². The molecule has 0 aromatic heterocycles. The summed E-state index contributed by atoms with van der Waals surface area (Å²) < 4.78 is 2.11. The van der Waals surface area contributed by atoms with E-state index in [0.29, 0.717) is 0 Å². The highest BCUT2D eigenvalue weighted by atomic mass is 79.9. The first-order chi connectivity index (χ1) is 8.70. The molecular weight excluding hydrogens is 356 g/mol. The predicted molar refractivity (Wildman–Crippen MR) is 82.1 cm³/mol. The van der Waals surface area contributed by atoms with Crippen LogP contribution in [0.4, 0.5) is 0 Å². The van der Waals surface area contributed by atoms with Crippen molar-refractivity contribution in [2.24, 2.45) is 5.84 Å². The maximum atomic E-state index is 5.69. The van der Waals surface area contributed by atoms with Gasteiger partial charge in [0.05, 0.1) is 6.04 Å². The average Bonchev–Trinajstić information content (AvgIpc) is 2.40. The fourth-order valence-electron chi connectivity index (χ4n) is 1.89. The van der Waals surface area contributed by atoms with Gasteiger partial charge in [-0.1, -0.05) is 62.2 Å². The lowest BCUT2D eigenvalue weighted by Gasteiger charge is -2.18. The monoisotopic (exact) mass is 368 g/mol. The molecule has 2 aromatic rings. The molecule has 3 N–H and O–H groups in total. The molecular formula is C14H14Br2N2. The van der Waals surface area contributed by atoms with Crippen molar-refractivity contribution < 1.29 is 0 Å². The Balaban J connectivity index is 2.26. The summed E-state index contributed by atoms with van der Waals surface area (Å²) in [5, 5.41) is 0. The van der Waals surface area contributed by atoms with Crippen LogP contribution in [0, 0.1) is 0 Å². The second-order valence-electron chi connectivity index (χ2n) is 4.07. The topological polar surface area (TPSA) is 38.0 Å². The van der Waals surface area contributed by atoms with Crippen molar-refractivity contribution in [1.82, 2.24) is 5.43 Å². The van der Waals surface area contributed by atoms with Crippen LogP contribution in [-0.2, 0) is 6.42 Å². The number of benzene rings is 2. The van der Waals surface area contributed by atoms with E-state index in [2.05, 4.69) is 55.5 Å². The lowest BCUT2D eigenvalue weighted by molar-refractivity contribution is 0.550. The van der Waals surface area contributed by atoms with Crippen molar-refractivity contribution in [1.29, 1.82) is 0 Å². The molecule has 0 amide bonds. The van der Waals surface area contributed by atoms with Crippen LogP contribution in [-0.4, -0.2) is 0 Å². The minimum absolute atomic E-state index is 0.0827. The number of halogens is 2. The molecule has 0 aliphatic rings. The summed E-state index contributed by atoms with van der Waals surface area (Å²) >= 11 is 7.06.